The quantitative estimate of drug-likeness (QED) is 0.220. The van der Waals surface area contributed by atoms with Gasteiger partial charge in [0.15, 0.2) is 5.76 Å². The summed E-state index contributed by atoms with van der Waals surface area (Å²) >= 11 is 6.18. The Morgan fingerprint density at radius 3 is 2.49 bits per heavy atom. The lowest BCUT2D eigenvalue weighted by Gasteiger charge is -2.31. The van der Waals surface area contributed by atoms with Crippen LogP contribution in [0.1, 0.15) is 22.5 Å². The Morgan fingerprint density at radius 1 is 0.930 bits per heavy atom. The summed E-state index contributed by atoms with van der Waals surface area (Å²) in [5.74, 6) is 2.22. The van der Waals surface area contributed by atoms with Crippen LogP contribution in [0.25, 0.3) is 28.1 Å². The number of pyridine rings is 1. The highest BCUT2D eigenvalue weighted by atomic mass is 35.5. The molecule has 5 aromatic rings. The Kier molecular flexibility index (Phi) is 7.39. The smallest absolute Gasteiger partial charge is 0.212 e. The topological polar surface area (TPSA) is 53.8 Å². The van der Waals surface area contributed by atoms with Crippen molar-refractivity contribution in [1.82, 2.24) is 10.3 Å². The molecule has 0 unspecified atom stereocenters. The van der Waals surface area contributed by atoms with E-state index in [4.69, 9.17) is 20.8 Å². The van der Waals surface area contributed by atoms with E-state index in [0.29, 0.717) is 17.4 Å². The van der Waals surface area contributed by atoms with Gasteiger partial charge in [-0.25, -0.2) is 4.98 Å². The lowest BCUT2D eigenvalue weighted by atomic mass is 9.99. The van der Waals surface area contributed by atoms with Crippen LogP contribution in [0.4, 0.5) is 11.4 Å². The summed E-state index contributed by atoms with van der Waals surface area (Å²) in [5, 5.41) is 4.16. The number of ether oxygens (including phenoxy) is 1. The zero-order chi connectivity index (χ0) is 29.3. The van der Waals surface area contributed by atoms with Gasteiger partial charge in [0.25, 0.3) is 0 Å². The molecule has 0 radical (unpaired) electrons. The standard InChI is InChI=1S/C36H33ClN4O2/c1-24-36-29(21-34(43-36)25-7-10-30(37)11-8-25)19-28-20-31(40-17-15-38-16-18-40)12-13-33(28)41(24)23-27-5-3-4-6-32(27)26-9-14-35(42-2)39-22-26/h3-14,20-22,38H,1,15-19,23H2,2H3. The van der Waals surface area contributed by atoms with Crippen molar-refractivity contribution in [2.45, 2.75) is 13.0 Å². The Labute approximate surface area is 257 Å². The summed E-state index contributed by atoms with van der Waals surface area (Å²) in [6.45, 7) is 9.22. The van der Waals surface area contributed by atoms with E-state index in [-0.39, 0.29) is 0 Å². The zero-order valence-electron chi connectivity index (χ0n) is 24.1. The Hall–Kier alpha value is -4.52. The number of anilines is 2. The normalized spacial score (nSPS) is 14.7. The van der Waals surface area contributed by atoms with Gasteiger partial charge in [0, 0.05) is 84.5 Å². The van der Waals surface area contributed by atoms with Crippen molar-refractivity contribution < 1.29 is 9.15 Å². The van der Waals surface area contributed by atoms with Crippen LogP contribution in [-0.2, 0) is 13.0 Å². The van der Waals surface area contributed by atoms with Crippen LogP contribution in [0.3, 0.4) is 0 Å². The van der Waals surface area contributed by atoms with Crippen LogP contribution in [0.5, 0.6) is 5.88 Å². The largest absolute Gasteiger partial charge is 0.481 e. The van der Waals surface area contributed by atoms with Gasteiger partial charge in [-0.05, 0) is 71.3 Å². The molecule has 0 amide bonds. The monoisotopic (exact) mass is 588 g/mol. The average Bonchev–Trinajstić information content (AvgIpc) is 3.44. The van der Waals surface area contributed by atoms with Gasteiger partial charge < -0.3 is 24.3 Å². The molecular formula is C36H33ClN4O2. The maximum Gasteiger partial charge on any atom is 0.212 e. The van der Waals surface area contributed by atoms with E-state index in [1.54, 1.807) is 7.11 Å². The van der Waals surface area contributed by atoms with Gasteiger partial charge in [-0.15, -0.1) is 0 Å². The van der Waals surface area contributed by atoms with E-state index in [2.05, 4.69) is 81.3 Å². The molecule has 0 aliphatic carbocycles. The molecule has 0 atom stereocenters. The Bertz CT molecular complexity index is 1770. The zero-order valence-corrected chi connectivity index (χ0v) is 24.9. The van der Waals surface area contributed by atoms with E-state index < -0.39 is 0 Å². The molecule has 1 N–H and O–H groups in total. The number of rotatable bonds is 6. The van der Waals surface area contributed by atoms with Crippen molar-refractivity contribution in [3.63, 3.8) is 0 Å². The molecule has 216 valence electrons. The molecular weight excluding hydrogens is 556 g/mol. The first-order chi connectivity index (χ1) is 21.1. The summed E-state index contributed by atoms with van der Waals surface area (Å²) in [6.07, 6.45) is 2.62. The summed E-state index contributed by atoms with van der Waals surface area (Å²) < 4.78 is 11.9. The number of aromatic nitrogens is 1. The van der Waals surface area contributed by atoms with Crippen LogP contribution < -0.4 is 19.9 Å². The molecule has 7 heteroatoms. The van der Waals surface area contributed by atoms with Crippen molar-refractivity contribution >= 4 is 28.7 Å². The number of halogens is 1. The van der Waals surface area contributed by atoms with Crippen molar-refractivity contribution in [2.24, 2.45) is 0 Å². The van der Waals surface area contributed by atoms with Crippen LogP contribution in [-0.4, -0.2) is 38.3 Å². The molecule has 1 fully saturated rings. The molecule has 4 heterocycles. The number of nitrogens with one attached hydrogen (secondary N) is 1. The van der Waals surface area contributed by atoms with Gasteiger partial charge in [0.05, 0.1) is 12.8 Å². The molecule has 2 aliphatic heterocycles. The number of benzene rings is 3. The molecule has 7 rings (SSSR count). The minimum atomic E-state index is 0.596. The van der Waals surface area contributed by atoms with E-state index >= 15 is 0 Å². The molecule has 6 nitrogen and oxygen atoms in total. The second-order valence-corrected chi connectivity index (χ2v) is 11.4. The van der Waals surface area contributed by atoms with Crippen LogP contribution in [0.15, 0.2) is 102 Å². The fraction of sp³-hybridized carbons (Fsp3) is 0.194. The van der Waals surface area contributed by atoms with Crippen molar-refractivity contribution in [3.8, 4) is 28.3 Å². The minimum Gasteiger partial charge on any atom is -0.481 e. The minimum absolute atomic E-state index is 0.596. The van der Waals surface area contributed by atoms with Gasteiger partial charge >= 0.3 is 0 Å². The molecule has 43 heavy (non-hydrogen) atoms. The van der Waals surface area contributed by atoms with Crippen LogP contribution in [0, 0.1) is 0 Å². The van der Waals surface area contributed by atoms with Crippen molar-refractivity contribution in [2.75, 3.05) is 43.1 Å². The highest BCUT2D eigenvalue weighted by molar-refractivity contribution is 6.30. The number of hydrogen-bond acceptors (Lipinski definition) is 6. The molecule has 2 aromatic heterocycles. The van der Waals surface area contributed by atoms with E-state index in [9.17, 15) is 0 Å². The molecule has 1 saturated heterocycles. The first-order valence-corrected chi connectivity index (χ1v) is 15.0. The predicted octanol–water partition coefficient (Wildman–Crippen LogP) is 7.66. The molecule has 0 spiro atoms. The molecule has 2 aliphatic rings. The lowest BCUT2D eigenvalue weighted by molar-refractivity contribution is 0.398. The maximum absolute atomic E-state index is 6.58. The second kappa shape index (κ2) is 11.6. The van der Waals surface area contributed by atoms with Gasteiger partial charge in [-0.2, -0.15) is 0 Å². The second-order valence-electron chi connectivity index (χ2n) is 11.0. The average molecular weight is 589 g/mol. The number of nitrogens with zero attached hydrogens (tertiary/aromatic N) is 3. The summed E-state index contributed by atoms with van der Waals surface area (Å²) in [7, 11) is 1.63. The third-order valence-electron chi connectivity index (χ3n) is 8.34. The maximum atomic E-state index is 6.58. The SMILES string of the molecule is C=C1c2oc(-c3ccc(Cl)cc3)cc2Cc2cc(N3CCNCC3)ccc2N1Cc1ccccc1-c1ccc(OC)nc1. The highest BCUT2D eigenvalue weighted by Gasteiger charge is 2.28. The van der Waals surface area contributed by atoms with Crippen LogP contribution >= 0.6 is 11.6 Å². The number of piperazine rings is 1. The Balaban J connectivity index is 1.32. The number of furan rings is 1. The number of methoxy groups -OCH3 is 1. The molecule has 0 bridgehead atoms. The van der Waals surface area contributed by atoms with Crippen LogP contribution in [0.2, 0.25) is 5.02 Å². The fourth-order valence-corrected chi connectivity index (χ4v) is 6.21. The lowest BCUT2D eigenvalue weighted by Crippen LogP contribution is -2.43. The summed E-state index contributed by atoms with van der Waals surface area (Å²) in [4.78, 5) is 9.22. The molecule has 0 saturated carbocycles. The van der Waals surface area contributed by atoms with E-state index in [0.717, 1.165) is 77.8 Å². The Morgan fingerprint density at radius 2 is 1.72 bits per heavy atom. The van der Waals surface area contributed by atoms with E-state index in [1.165, 1.54) is 16.8 Å². The summed E-state index contributed by atoms with van der Waals surface area (Å²) in [6, 6.07) is 29.2. The van der Waals surface area contributed by atoms with Crippen molar-refractivity contribution in [1.29, 1.82) is 0 Å². The molecule has 3 aromatic carbocycles. The summed E-state index contributed by atoms with van der Waals surface area (Å²) in [5.41, 5.74) is 9.93. The number of fused-ring (bicyclic) bond motifs is 2. The fourth-order valence-electron chi connectivity index (χ4n) is 6.08. The van der Waals surface area contributed by atoms with Crippen molar-refractivity contribution in [3.05, 3.63) is 125 Å². The van der Waals surface area contributed by atoms with Gasteiger partial charge in [0.1, 0.15) is 5.76 Å². The van der Waals surface area contributed by atoms with E-state index in [1.807, 2.05) is 36.5 Å². The predicted molar refractivity (Wildman–Crippen MR) is 175 cm³/mol. The number of hydrogen-bond donors (Lipinski definition) is 1. The highest BCUT2D eigenvalue weighted by Crippen LogP contribution is 2.42. The van der Waals surface area contributed by atoms with Gasteiger partial charge in [-0.1, -0.05) is 42.4 Å². The van der Waals surface area contributed by atoms with Gasteiger partial charge in [-0.3, -0.25) is 0 Å². The first-order valence-electron chi connectivity index (χ1n) is 14.6. The third kappa shape index (κ3) is 5.40. The third-order valence-corrected chi connectivity index (χ3v) is 8.60. The first kappa shape index (κ1) is 27.3. The van der Waals surface area contributed by atoms with Gasteiger partial charge in [0.2, 0.25) is 5.88 Å².